The first kappa shape index (κ1) is 22.3. The highest BCUT2D eigenvalue weighted by Gasteiger charge is 2.18. The fraction of sp³-hybridized carbons (Fsp3) is 0.240. The van der Waals surface area contributed by atoms with Gasteiger partial charge in [0.25, 0.3) is 5.56 Å². The van der Waals surface area contributed by atoms with Gasteiger partial charge in [0.2, 0.25) is 5.91 Å². The van der Waals surface area contributed by atoms with Crippen molar-refractivity contribution in [2.75, 3.05) is 7.11 Å². The number of rotatable bonds is 7. The van der Waals surface area contributed by atoms with Crippen molar-refractivity contribution in [1.29, 1.82) is 0 Å². The van der Waals surface area contributed by atoms with Gasteiger partial charge in [0.15, 0.2) is 0 Å². The molecule has 1 amide bonds. The molecule has 0 unspecified atom stereocenters. The van der Waals surface area contributed by atoms with Crippen LogP contribution >= 0.6 is 0 Å². The highest BCUT2D eigenvalue weighted by Crippen LogP contribution is 2.29. The number of methoxy groups -OCH3 is 1. The van der Waals surface area contributed by atoms with Crippen molar-refractivity contribution in [1.82, 2.24) is 19.5 Å². The third kappa shape index (κ3) is 4.37. The molecule has 4 rings (SSSR count). The van der Waals surface area contributed by atoms with Crippen LogP contribution in [0.3, 0.4) is 0 Å². The molecule has 0 fully saturated rings. The first-order chi connectivity index (χ1) is 15.9. The molecule has 0 bridgehead atoms. The van der Waals surface area contributed by atoms with Gasteiger partial charge in [0, 0.05) is 48.5 Å². The number of hydrogen-bond acceptors (Lipinski definition) is 4. The molecular formula is C25H25FN4O3. The molecular weight excluding hydrogens is 423 g/mol. The van der Waals surface area contributed by atoms with E-state index in [0.717, 1.165) is 11.3 Å². The van der Waals surface area contributed by atoms with Gasteiger partial charge < -0.3 is 14.6 Å². The quantitative estimate of drug-likeness (QED) is 0.470. The minimum absolute atomic E-state index is 0.100. The summed E-state index contributed by atoms with van der Waals surface area (Å²) in [5.41, 5.74) is 3.49. The standard InChI is InChI=1S/C25H25FN4O3/c1-16-18(12-13-23(31)27-15-17-8-4-6-10-20(17)26)25(32)30-24(29(16)2)14-21(28-30)19-9-5-7-11-22(19)33-3/h4-11,14H,12-13,15H2,1-3H3,(H,27,31). The third-order valence-corrected chi connectivity index (χ3v) is 5.84. The Balaban J connectivity index is 1.57. The van der Waals surface area contributed by atoms with Crippen LogP contribution in [-0.2, 0) is 24.8 Å². The number of aryl methyl sites for hydroxylation is 1. The largest absolute Gasteiger partial charge is 0.496 e. The molecule has 170 valence electrons. The van der Waals surface area contributed by atoms with Gasteiger partial charge in [-0.25, -0.2) is 4.39 Å². The number of para-hydroxylation sites is 1. The number of hydrogen-bond donors (Lipinski definition) is 1. The number of aromatic nitrogens is 3. The van der Waals surface area contributed by atoms with Gasteiger partial charge in [-0.3, -0.25) is 9.59 Å². The number of carbonyl (C=O) groups is 1. The fourth-order valence-corrected chi connectivity index (χ4v) is 3.85. The second kappa shape index (κ2) is 9.28. The highest BCUT2D eigenvalue weighted by atomic mass is 19.1. The maximum absolute atomic E-state index is 13.7. The molecule has 7 nitrogen and oxygen atoms in total. The number of halogens is 1. The second-order valence-corrected chi connectivity index (χ2v) is 7.80. The van der Waals surface area contributed by atoms with E-state index >= 15 is 0 Å². The van der Waals surface area contributed by atoms with Crippen molar-refractivity contribution in [3.63, 3.8) is 0 Å². The average Bonchev–Trinajstić information content (AvgIpc) is 3.28. The monoisotopic (exact) mass is 448 g/mol. The number of ether oxygens (including phenoxy) is 1. The number of benzene rings is 2. The highest BCUT2D eigenvalue weighted by molar-refractivity contribution is 5.76. The van der Waals surface area contributed by atoms with Crippen molar-refractivity contribution in [2.45, 2.75) is 26.3 Å². The van der Waals surface area contributed by atoms with Crippen LogP contribution in [0.2, 0.25) is 0 Å². The van der Waals surface area contributed by atoms with Gasteiger partial charge in [0.1, 0.15) is 17.2 Å². The van der Waals surface area contributed by atoms with E-state index in [1.165, 1.54) is 10.6 Å². The van der Waals surface area contributed by atoms with Gasteiger partial charge >= 0.3 is 0 Å². The molecule has 0 aliphatic rings. The Morgan fingerprint density at radius 1 is 1.15 bits per heavy atom. The summed E-state index contributed by atoms with van der Waals surface area (Å²) in [6.07, 6.45) is 0.359. The Morgan fingerprint density at radius 2 is 1.88 bits per heavy atom. The van der Waals surface area contributed by atoms with Crippen molar-refractivity contribution in [2.24, 2.45) is 7.05 Å². The molecule has 33 heavy (non-hydrogen) atoms. The van der Waals surface area contributed by atoms with Crippen LogP contribution in [0.5, 0.6) is 5.75 Å². The molecule has 0 atom stereocenters. The minimum atomic E-state index is -0.363. The van der Waals surface area contributed by atoms with Crippen molar-refractivity contribution in [3.8, 4) is 17.0 Å². The van der Waals surface area contributed by atoms with E-state index in [0.29, 0.717) is 28.2 Å². The molecule has 0 aliphatic heterocycles. The Hall–Kier alpha value is -3.94. The molecule has 4 aromatic rings. The normalized spacial score (nSPS) is 11.0. The summed E-state index contributed by atoms with van der Waals surface area (Å²) in [6, 6.07) is 15.6. The molecule has 2 aromatic heterocycles. The molecule has 0 aliphatic carbocycles. The van der Waals surface area contributed by atoms with Gasteiger partial charge in [-0.2, -0.15) is 9.61 Å². The van der Waals surface area contributed by atoms with E-state index in [2.05, 4.69) is 10.4 Å². The van der Waals surface area contributed by atoms with Crippen LogP contribution in [0.25, 0.3) is 16.9 Å². The van der Waals surface area contributed by atoms with Crippen molar-refractivity contribution >= 4 is 11.6 Å². The Bertz CT molecular complexity index is 1390. The second-order valence-electron chi connectivity index (χ2n) is 7.80. The van der Waals surface area contributed by atoms with E-state index in [-0.39, 0.29) is 36.7 Å². The number of nitrogens with zero attached hydrogens (tertiary/aromatic N) is 3. The lowest BCUT2D eigenvalue weighted by Gasteiger charge is -2.12. The average molecular weight is 448 g/mol. The van der Waals surface area contributed by atoms with Gasteiger partial charge in [-0.05, 0) is 31.5 Å². The van der Waals surface area contributed by atoms with Gasteiger partial charge in [-0.1, -0.05) is 30.3 Å². The predicted molar refractivity (Wildman–Crippen MR) is 124 cm³/mol. The Labute approximate surface area is 190 Å². The van der Waals surface area contributed by atoms with E-state index in [1.54, 1.807) is 25.3 Å². The smallest absolute Gasteiger partial charge is 0.277 e. The molecule has 1 N–H and O–H groups in total. The summed E-state index contributed by atoms with van der Waals surface area (Å²) >= 11 is 0. The van der Waals surface area contributed by atoms with E-state index in [1.807, 2.05) is 48.9 Å². The lowest BCUT2D eigenvalue weighted by Crippen LogP contribution is -2.28. The lowest BCUT2D eigenvalue weighted by molar-refractivity contribution is -0.121. The molecule has 0 spiro atoms. The number of nitrogens with one attached hydrogen (secondary N) is 1. The van der Waals surface area contributed by atoms with E-state index in [9.17, 15) is 14.0 Å². The zero-order valence-electron chi connectivity index (χ0n) is 18.8. The van der Waals surface area contributed by atoms with Crippen LogP contribution < -0.4 is 15.6 Å². The van der Waals surface area contributed by atoms with Crippen LogP contribution in [0.4, 0.5) is 4.39 Å². The summed E-state index contributed by atoms with van der Waals surface area (Å²) in [4.78, 5) is 25.6. The van der Waals surface area contributed by atoms with E-state index in [4.69, 9.17) is 4.74 Å². The summed E-state index contributed by atoms with van der Waals surface area (Å²) in [5.74, 6) is 0.0481. The van der Waals surface area contributed by atoms with Crippen molar-refractivity contribution < 1.29 is 13.9 Å². The zero-order valence-corrected chi connectivity index (χ0v) is 18.8. The Morgan fingerprint density at radius 3 is 2.64 bits per heavy atom. The first-order valence-electron chi connectivity index (χ1n) is 10.6. The number of carbonyl (C=O) groups excluding carboxylic acids is 1. The van der Waals surface area contributed by atoms with Gasteiger partial charge in [-0.15, -0.1) is 0 Å². The lowest BCUT2D eigenvalue weighted by atomic mass is 10.1. The third-order valence-electron chi connectivity index (χ3n) is 5.84. The summed E-state index contributed by atoms with van der Waals surface area (Å²) in [5, 5.41) is 7.24. The summed E-state index contributed by atoms with van der Waals surface area (Å²) in [6.45, 7) is 1.95. The topological polar surface area (TPSA) is 77.6 Å². The summed E-state index contributed by atoms with van der Waals surface area (Å²) in [7, 11) is 3.45. The number of fused-ring (bicyclic) bond motifs is 1. The zero-order chi connectivity index (χ0) is 23.5. The predicted octanol–water partition coefficient (Wildman–Crippen LogP) is 3.41. The maximum Gasteiger partial charge on any atom is 0.277 e. The SMILES string of the molecule is COc1ccccc1-c1cc2n(C)c(C)c(CCC(=O)NCc3ccccc3F)c(=O)n2n1. The first-order valence-corrected chi connectivity index (χ1v) is 10.6. The van der Waals surface area contributed by atoms with Gasteiger partial charge in [0.05, 0.1) is 12.8 Å². The van der Waals surface area contributed by atoms with Crippen LogP contribution in [0, 0.1) is 12.7 Å². The molecule has 0 radical (unpaired) electrons. The van der Waals surface area contributed by atoms with Crippen LogP contribution in [-0.4, -0.2) is 27.2 Å². The molecule has 0 saturated heterocycles. The minimum Gasteiger partial charge on any atom is -0.496 e. The molecule has 2 heterocycles. The maximum atomic E-state index is 13.7. The number of amides is 1. The summed E-state index contributed by atoms with van der Waals surface area (Å²) < 4.78 is 22.4. The van der Waals surface area contributed by atoms with E-state index < -0.39 is 0 Å². The molecule has 0 saturated carbocycles. The molecule has 8 heteroatoms. The molecule has 2 aromatic carbocycles. The Kier molecular flexibility index (Phi) is 6.26. The van der Waals surface area contributed by atoms with Crippen LogP contribution in [0.1, 0.15) is 23.2 Å². The van der Waals surface area contributed by atoms with Crippen LogP contribution in [0.15, 0.2) is 59.4 Å². The fourth-order valence-electron chi connectivity index (χ4n) is 3.85. The van der Waals surface area contributed by atoms with Crippen molar-refractivity contribution in [3.05, 3.63) is 87.6 Å².